The molecule has 18 heavy (non-hydrogen) atoms. The van der Waals surface area contributed by atoms with E-state index in [1.807, 2.05) is 37.7 Å². The standard InChI is InChI=1S/C15H23NOS/c1-11(2)17-13-7-5-12(6-8-13)14(16)15(3)9-4-10-18-15/h5-8,11,14H,4,9-10,16H2,1-3H3. The van der Waals surface area contributed by atoms with Crippen LogP contribution in [0.3, 0.4) is 0 Å². The van der Waals surface area contributed by atoms with Gasteiger partial charge in [-0.15, -0.1) is 0 Å². The molecule has 1 heterocycles. The quantitative estimate of drug-likeness (QED) is 0.900. The van der Waals surface area contributed by atoms with Crippen LogP contribution >= 0.6 is 11.8 Å². The van der Waals surface area contributed by atoms with Gasteiger partial charge in [-0.25, -0.2) is 0 Å². The summed E-state index contributed by atoms with van der Waals surface area (Å²) in [6.07, 6.45) is 2.71. The molecule has 0 saturated carbocycles. The van der Waals surface area contributed by atoms with Crippen LogP contribution in [-0.4, -0.2) is 16.6 Å². The number of hydrogen-bond acceptors (Lipinski definition) is 3. The van der Waals surface area contributed by atoms with Crippen LogP contribution in [0.5, 0.6) is 5.75 Å². The minimum atomic E-state index is 0.109. The second kappa shape index (κ2) is 5.54. The number of thioether (sulfide) groups is 1. The maximum atomic E-state index is 6.42. The molecule has 1 aromatic rings. The van der Waals surface area contributed by atoms with Crippen molar-refractivity contribution in [3.05, 3.63) is 29.8 Å². The molecule has 0 bridgehead atoms. The molecule has 1 fully saturated rings. The first-order valence-electron chi connectivity index (χ1n) is 6.67. The van der Waals surface area contributed by atoms with E-state index in [9.17, 15) is 0 Å². The predicted molar refractivity (Wildman–Crippen MR) is 79.2 cm³/mol. The van der Waals surface area contributed by atoms with Gasteiger partial charge in [0.15, 0.2) is 0 Å². The Morgan fingerprint density at radius 3 is 2.44 bits per heavy atom. The lowest BCUT2D eigenvalue weighted by Gasteiger charge is -2.30. The van der Waals surface area contributed by atoms with E-state index in [2.05, 4.69) is 19.1 Å². The average molecular weight is 265 g/mol. The van der Waals surface area contributed by atoms with Gasteiger partial charge in [0.2, 0.25) is 0 Å². The molecule has 2 rings (SSSR count). The van der Waals surface area contributed by atoms with Gasteiger partial charge in [0, 0.05) is 10.8 Å². The lowest BCUT2D eigenvalue weighted by atomic mass is 9.91. The van der Waals surface area contributed by atoms with E-state index >= 15 is 0 Å². The van der Waals surface area contributed by atoms with Crippen molar-refractivity contribution in [3.8, 4) is 5.75 Å². The van der Waals surface area contributed by atoms with Crippen LogP contribution < -0.4 is 10.5 Å². The third kappa shape index (κ3) is 3.01. The van der Waals surface area contributed by atoms with E-state index in [0.29, 0.717) is 0 Å². The smallest absolute Gasteiger partial charge is 0.119 e. The van der Waals surface area contributed by atoms with E-state index < -0.39 is 0 Å². The molecule has 100 valence electrons. The Labute approximate surface area is 114 Å². The zero-order chi connectivity index (χ0) is 13.2. The summed E-state index contributed by atoms with van der Waals surface area (Å²) in [5.41, 5.74) is 7.64. The summed E-state index contributed by atoms with van der Waals surface area (Å²) in [5, 5.41) is 0. The summed E-state index contributed by atoms with van der Waals surface area (Å²) >= 11 is 2.01. The molecule has 2 atom stereocenters. The first-order valence-corrected chi connectivity index (χ1v) is 7.66. The number of benzene rings is 1. The Kier molecular flexibility index (Phi) is 4.23. The van der Waals surface area contributed by atoms with Crippen molar-refractivity contribution in [2.75, 3.05) is 5.75 Å². The van der Waals surface area contributed by atoms with E-state index in [0.717, 1.165) is 5.75 Å². The molecule has 1 aromatic carbocycles. The average Bonchev–Trinajstić information content (AvgIpc) is 2.77. The fraction of sp³-hybridized carbons (Fsp3) is 0.600. The molecule has 2 N–H and O–H groups in total. The van der Waals surface area contributed by atoms with Crippen molar-refractivity contribution >= 4 is 11.8 Å². The second-order valence-corrected chi connectivity index (χ2v) is 7.11. The molecule has 0 aliphatic carbocycles. The molecule has 1 aliphatic heterocycles. The van der Waals surface area contributed by atoms with Crippen LogP contribution in [0.25, 0.3) is 0 Å². The monoisotopic (exact) mass is 265 g/mol. The van der Waals surface area contributed by atoms with E-state index in [1.54, 1.807) is 0 Å². The molecule has 0 spiro atoms. The lowest BCUT2D eigenvalue weighted by molar-refractivity contribution is 0.242. The molecule has 0 radical (unpaired) electrons. The van der Waals surface area contributed by atoms with Gasteiger partial charge in [-0.1, -0.05) is 12.1 Å². The lowest BCUT2D eigenvalue weighted by Crippen LogP contribution is -2.33. The fourth-order valence-corrected chi connectivity index (χ4v) is 3.78. The second-order valence-electron chi connectivity index (χ2n) is 5.48. The number of nitrogens with two attached hydrogens (primary N) is 1. The number of ether oxygens (including phenoxy) is 1. The van der Waals surface area contributed by atoms with Gasteiger partial charge in [0.1, 0.15) is 5.75 Å². The first kappa shape index (κ1) is 13.8. The highest BCUT2D eigenvalue weighted by Crippen LogP contribution is 2.45. The van der Waals surface area contributed by atoms with Gasteiger partial charge in [-0.2, -0.15) is 11.8 Å². The minimum Gasteiger partial charge on any atom is -0.491 e. The van der Waals surface area contributed by atoms with Gasteiger partial charge in [0.05, 0.1) is 6.10 Å². The fourth-order valence-electron chi connectivity index (χ4n) is 2.42. The van der Waals surface area contributed by atoms with Gasteiger partial charge < -0.3 is 10.5 Å². The number of rotatable bonds is 4. The third-order valence-electron chi connectivity index (χ3n) is 3.52. The Hall–Kier alpha value is -0.670. The Balaban J connectivity index is 2.09. The normalized spacial score (nSPS) is 25.4. The first-order chi connectivity index (χ1) is 8.51. The van der Waals surface area contributed by atoms with Gasteiger partial charge in [0.25, 0.3) is 0 Å². The van der Waals surface area contributed by atoms with Crippen LogP contribution in [0, 0.1) is 0 Å². The summed E-state index contributed by atoms with van der Waals surface area (Å²) in [6, 6.07) is 8.37. The van der Waals surface area contributed by atoms with Gasteiger partial charge >= 0.3 is 0 Å². The highest BCUT2D eigenvalue weighted by atomic mass is 32.2. The van der Waals surface area contributed by atoms with Crippen molar-refractivity contribution in [1.29, 1.82) is 0 Å². The molecule has 1 aliphatic rings. The summed E-state index contributed by atoms with van der Waals surface area (Å²) in [6.45, 7) is 6.36. The molecule has 2 nitrogen and oxygen atoms in total. The van der Waals surface area contributed by atoms with Crippen molar-refractivity contribution < 1.29 is 4.74 Å². The Morgan fingerprint density at radius 2 is 1.94 bits per heavy atom. The molecular formula is C15H23NOS. The Bertz CT molecular complexity index is 382. The van der Waals surface area contributed by atoms with Crippen molar-refractivity contribution in [3.63, 3.8) is 0 Å². The van der Waals surface area contributed by atoms with Gasteiger partial charge in [-0.3, -0.25) is 0 Å². The van der Waals surface area contributed by atoms with Gasteiger partial charge in [-0.05, 0) is 57.1 Å². The highest BCUT2D eigenvalue weighted by molar-refractivity contribution is 8.00. The van der Waals surface area contributed by atoms with Crippen LogP contribution in [0.4, 0.5) is 0 Å². The van der Waals surface area contributed by atoms with E-state index in [1.165, 1.54) is 24.2 Å². The molecule has 1 saturated heterocycles. The van der Waals surface area contributed by atoms with Crippen molar-refractivity contribution in [2.45, 2.75) is 50.5 Å². The van der Waals surface area contributed by atoms with Crippen LogP contribution in [0.15, 0.2) is 24.3 Å². The summed E-state index contributed by atoms with van der Waals surface area (Å²) in [5.74, 6) is 2.16. The largest absolute Gasteiger partial charge is 0.491 e. The molecule has 0 aromatic heterocycles. The molecule has 3 heteroatoms. The third-order valence-corrected chi connectivity index (χ3v) is 5.13. The zero-order valence-corrected chi connectivity index (χ0v) is 12.3. The zero-order valence-electron chi connectivity index (χ0n) is 11.5. The van der Waals surface area contributed by atoms with Crippen LogP contribution in [0.2, 0.25) is 0 Å². The van der Waals surface area contributed by atoms with Crippen LogP contribution in [0.1, 0.15) is 45.2 Å². The highest BCUT2D eigenvalue weighted by Gasteiger charge is 2.36. The minimum absolute atomic E-state index is 0.109. The number of hydrogen-bond donors (Lipinski definition) is 1. The predicted octanol–water partition coefficient (Wildman–Crippen LogP) is 3.76. The molecule has 2 unspecified atom stereocenters. The van der Waals surface area contributed by atoms with Crippen molar-refractivity contribution in [2.24, 2.45) is 5.73 Å². The SMILES string of the molecule is CC(C)Oc1ccc(C(N)C2(C)CCCS2)cc1. The maximum absolute atomic E-state index is 6.42. The Morgan fingerprint density at radius 1 is 1.28 bits per heavy atom. The topological polar surface area (TPSA) is 35.2 Å². The molecule has 0 amide bonds. The maximum Gasteiger partial charge on any atom is 0.119 e. The summed E-state index contributed by atoms with van der Waals surface area (Å²) in [7, 11) is 0. The summed E-state index contributed by atoms with van der Waals surface area (Å²) < 4.78 is 5.85. The molecular weight excluding hydrogens is 242 g/mol. The van der Waals surface area contributed by atoms with E-state index in [4.69, 9.17) is 10.5 Å². The van der Waals surface area contributed by atoms with Crippen LogP contribution in [-0.2, 0) is 0 Å². The van der Waals surface area contributed by atoms with E-state index in [-0.39, 0.29) is 16.9 Å². The van der Waals surface area contributed by atoms with Crippen molar-refractivity contribution in [1.82, 2.24) is 0 Å². The summed E-state index contributed by atoms with van der Waals surface area (Å²) in [4.78, 5) is 0.